The standard InChI is InChI=1S/C14H16F3NO2/c1-8-7-12(13(19)20-8)18-9(2)10-3-5-11(6-4-10)14(15,16)17/h3-6,8-9,12,18H,7H2,1-2H3/t8-,9-,12+/m1/s1. The van der Waals surface area contributed by atoms with E-state index >= 15 is 0 Å². The van der Waals surface area contributed by atoms with E-state index in [-0.39, 0.29) is 18.1 Å². The molecule has 1 heterocycles. The van der Waals surface area contributed by atoms with Crippen LogP contribution in [0.4, 0.5) is 13.2 Å². The van der Waals surface area contributed by atoms with Gasteiger partial charge in [-0.25, -0.2) is 0 Å². The molecule has 0 aromatic heterocycles. The lowest BCUT2D eigenvalue weighted by molar-refractivity contribution is -0.142. The van der Waals surface area contributed by atoms with Gasteiger partial charge in [0.1, 0.15) is 12.1 Å². The van der Waals surface area contributed by atoms with Crippen molar-refractivity contribution >= 4 is 5.97 Å². The molecule has 1 aromatic rings. The number of carbonyl (C=O) groups is 1. The lowest BCUT2D eigenvalue weighted by Gasteiger charge is -2.18. The van der Waals surface area contributed by atoms with Gasteiger partial charge in [-0.05, 0) is 31.5 Å². The molecule has 0 amide bonds. The van der Waals surface area contributed by atoms with Gasteiger partial charge in [-0.3, -0.25) is 10.1 Å². The summed E-state index contributed by atoms with van der Waals surface area (Å²) in [5.41, 5.74) is 0.0210. The van der Waals surface area contributed by atoms with Gasteiger partial charge in [0, 0.05) is 12.5 Å². The minimum absolute atomic E-state index is 0.125. The fourth-order valence-corrected chi connectivity index (χ4v) is 2.25. The monoisotopic (exact) mass is 287 g/mol. The normalized spacial score (nSPS) is 24.6. The van der Waals surface area contributed by atoms with Crippen LogP contribution < -0.4 is 5.32 Å². The van der Waals surface area contributed by atoms with Crippen LogP contribution in [-0.4, -0.2) is 18.1 Å². The predicted octanol–water partition coefficient (Wildman–Crippen LogP) is 3.06. The molecule has 0 bridgehead atoms. The van der Waals surface area contributed by atoms with Crippen LogP contribution in [0, 0.1) is 0 Å². The lowest BCUT2D eigenvalue weighted by Crippen LogP contribution is -2.35. The van der Waals surface area contributed by atoms with Crippen molar-refractivity contribution in [1.82, 2.24) is 5.32 Å². The Hall–Kier alpha value is -1.56. The van der Waals surface area contributed by atoms with E-state index in [1.165, 1.54) is 12.1 Å². The largest absolute Gasteiger partial charge is 0.461 e. The summed E-state index contributed by atoms with van der Waals surface area (Å²) in [4.78, 5) is 11.5. The van der Waals surface area contributed by atoms with Gasteiger partial charge >= 0.3 is 12.1 Å². The Morgan fingerprint density at radius 2 is 1.90 bits per heavy atom. The van der Waals surface area contributed by atoms with E-state index in [0.717, 1.165) is 12.1 Å². The maximum Gasteiger partial charge on any atom is 0.416 e. The molecule has 0 saturated carbocycles. The van der Waals surface area contributed by atoms with Gasteiger partial charge in [-0.2, -0.15) is 13.2 Å². The Bertz CT molecular complexity index is 484. The summed E-state index contributed by atoms with van der Waals surface area (Å²) >= 11 is 0. The highest BCUT2D eigenvalue weighted by Gasteiger charge is 2.33. The third-order valence-corrected chi connectivity index (χ3v) is 3.36. The van der Waals surface area contributed by atoms with Crippen LogP contribution in [-0.2, 0) is 15.7 Å². The molecule has 1 N–H and O–H groups in total. The van der Waals surface area contributed by atoms with Crippen LogP contribution in [0.3, 0.4) is 0 Å². The maximum atomic E-state index is 12.5. The maximum absolute atomic E-state index is 12.5. The first-order chi connectivity index (χ1) is 9.27. The first-order valence-corrected chi connectivity index (χ1v) is 6.41. The molecule has 1 fully saturated rings. The number of rotatable bonds is 3. The highest BCUT2D eigenvalue weighted by atomic mass is 19.4. The second kappa shape index (κ2) is 5.44. The van der Waals surface area contributed by atoms with Gasteiger partial charge in [0.15, 0.2) is 0 Å². The number of benzene rings is 1. The molecule has 6 heteroatoms. The predicted molar refractivity (Wildman–Crippen MR) is 67.0 cm³/mol. The number of hydrogen-bond acceptors (Lipinski definition) is 3. The summed E-state index contributed by atoms with van der Waals surface area (Å²) in [6, 6.07) is 4.31. The lowest BCUT2D eigenvalue weighted by atomic mass is 10.0. The van der Waals surface area contributed by atoms with Crippen molar-refractivity contribution in [1.29, 1.82) is 0 Å². The van der Waals surface area contributed by atoms with Gasteiger partial charge < -0.3 is 4.74 Å². The van der Waals surface area contributed by atoms with Crippen molar-refractivity contribution in [3.8, 4) is 0 Å². The number of nitrogens with one attached hydrogen (secondary N) is 1. The van der Waals surface area contributed by atoms with Crippen LogP contribution >= 0.6 is 0 Å². The molecule has 1 aromatic carbocycles. The number of hydrogen-bond donors (Lipinski definition) is 1. The quantitative estimate of drug-likeness (QED) is 0.868. The molecule has 3 nitrogen and oxygen atoms in total. The molecule has 0 radical (unpaired) electrons. The second-order valence-corrected chi connectivity index (χ2v) is 5.04. The highest BCUT2D eigenvalue weighted by Crippen LogP contribution is 2.30. The van der Waals surface area contributed by atoms with Crippen molar-refractivity contribution in [2.45, 2.75) is 44.6 Å². The van der Waals surface area contributed by atoms with E-state index in [2.05, 4.69) is 5.32 Å². The zero-order chi connectivity index (χ0) is 14.9. The SMILES string of the molecule is C[C@@H]1C[C@H](N[C@H](C)c2ccc(C(F)(F)F)cc2)C(=O)O1. The number of alkyl halides is 3. The number of cyclic esters (lactones) is 1. The fourth-order valence-electron chi connectivity index (χ4n) is 2.25. The van der Waals surface area contributed by atoms with E-state index in [0.29, 0.717) is 12.0 Å². The topological polar surface area (TPSA) is 38.3 Å². The van der Waals surface area contributed by atoms with E-state index < -0.39 is 17.8 Å². The molecule has 0 aliphatic carbocycles. The van der Waals surface area contributed by atoms with Crippen molar-refractivity contribution in [3.63, 3.8) is 0 Å². The minimum Gasteiger partial charge on any atom is -0.461 e. The smallest absolute Gasteiger partial charge is 0.416 e. The van der Waals surface area contributed by atoms with E-state index in [1.807, 2.05) is 6.92 Å². The van der Waals surface area contributed by atoms with E-state index in [4.69, 9.17) is 4.74 Å². The van der Waals surface area contributed by atoms with Crippen LogP contribution in [0.25, 0.3) is 0 Å². The van der Waals surface area contributed by atoms with Crippen LogP contribution in [0.5, 0.6) is 0 Å². The summed E-state index contributed by atoms with van der Waals surface area (Å²) in [6.07, 6.45) is -3.89. The Labute approximate surface area is 115 Å². The van der Waals surface area contributed by atoms with Crippen molar-refractivity contribution in [2.75, 3.05) is 0 Å². The summed E-state index contributed by atoms with van der Waals surface area (Å²) < 4.78 is 42.4. The average molecular weight is 287 g/mol. The molecule has 20 heavy (non-hydrogen) atoms. The Morgan fingerprint density at radius 3 is 2.35 bits per heavy atom. The summed E-state index contributed by atoms with van der Waals surface area (Å²) in [5.74, 6) is -0.309. The summed E-state index contributed by atoms with van der Waals surface area (Å²) in [6.45, 7) is 3.61. The molecule has 0 unspecified atom stereocenters. The third kappa shape index (κ3) is 3.30. The second-order valence-electron chi connectivity index (χ2n) is 5.04. The first-order valence-electron chi connectivity index (χ1n) is 6.41. The number of esters is 1. The number of ether oxygens (including phenoxy) is 1. The van der Waals surface area contributed by atoms with Gasteiger partial charge in [0.2, 0.25) is 0 Å². The fraction of sp³-hybridized carbons (Fsp3) is 0.500. The third-order valence-electron chi connectivity index (χ3n) is 3.36. The van der Waals surface area contributed by atoms with Gasteiger partial charge in [-0.15, -0.1) is 0 Å². The Morgan fingerprint density at radius 1 is 1.30 bits per heavy atom. The first kappa shape index (κ1) is 14.8. The Balaban J connectivity index is 2.03. The van der Waals surface area contributed by atoms with Crippen LogP contribution in [0.15, 0.2) is 24.3 Å². The average Bonchev–Trinajstić information content (AvgIpc) is 2.67. The van der Waals surface area contributed by atoms with E-state index in [1.54, 1.807) is 6.92 Å². The minimum atomic E-state index is -4.33. The van der Waals surface area contributed by atoms with Crippen LogP contribution in [0.2, 0.25) is 0 Å². The molecule has 2 rings (SSSR count). The van der Waals surface area contributed by atoms with Crippen LogP contribution in [0.1, 0.15) is 37.4 Å². The summed E-state index contributed by atoms with van der Waals surface area (Å²) in [5, 5.41) is 3.08. The molecular weight excluding hydrogens is 271 g/mol. The van der Waals surface area contributed by atoms with Gasteiger partial charge in [0.05, 0.1) is 5.56 Å². The van der Waals surface area contributed by atoms with E-state index in [9.17, 15) is 18.0 Å². The van der Waals surface area contributed by atoms with Crippen molar-refractivity contribution < 1.29 is 22.7 Å². The molecule has 1 saturated heterocycles. The molecule has 0 spiro atoms. The Kier molecular flexibility index (Phi) is 4.04. The zero-order valence-corrected chi connectivity index (χ0v) is 11.2. The van der Waals surface area contributed by atoms with Gasteiger partial charge in [-0.1, -0.05) is 12.1 Å². The molecule has 1 aliphatic heterocycles. The number of halogens is 3. The van der Waals surface area contributed by atoms with Gasteiger partial charge in [0.25, 0.3) is 0 Å². The number of carbonyl (C=O) groups excluding carboxylic acids is 1. The molecule has 3 atom stereocenters. The molecular formula is C14H16F3NO2. The highest BCUT2D eigenvalue weighted by molar-refractivity contribution is 5.78. The summed E-state index contributed by atoms with van der Waals surface area (Å²) in [7, 11) is 0. The van der Waals surface area contributed by atoms with Crippen molar-refractivity contribution in [3.05, 3.63) is 35.4 Å². The van der Waals surface area contributed by atoms with Crippen molar-refractivity contribution in [2.24, 2.45) is 0 Å². The molecule has 1 aliphatic rings. The molecule has 110 valence electrons. The zero-order valence-electron chi connectivity index (χ0n) is 11.2.